The Bertz CT molecular complexity index is 1370. The number of alkyl halides is 3. The number of halogens is 5. The molecule has 5 nitrogen and oxygen atoms in total. The Kier molecular flexibility index (Phi) is 7.39. The number of amides is 1. The van der Waals surface area contributed by atoms with Crippen LogP contribution in [0.5, 0.6) is 0 Å². The second kappa shape index (κ2) is 10.3. The van der Waals surface area contributed by atoms with Gasteiger partial charge >= 0.3 is 6.18 Å². The number of aryl methyl sites for hydroxylation is 1. The van der Waals surface area contributed by atoms with Gasteiger partial charge in [0.15, 0.2) is 11.0 Å². The van der Waals surface area contributed by atoms with Gasteiger partial charge in [0.25, 0.3) is 0 Å². The number of carbonyl (C=O) groups is 1. The summed E-state index contributed by atoms with van der Waals surface area (Å²) in [6, 6.07) is 18.0. The number of benzene rings is 3. The van der Waals surface area contributed by atoms with E-state index in [1.54, 1.807) is 12.1 Å². The van der Waals surface area contributed by atoms with Crippen LogP contribution >= 0.6 is 35.0 Å². The van der Waals surface area contributed by atoms with E-state index in [9.17, 15) is 18.0 Å². The summed E-state index contributed by atoms with van der Waals surface area (Å²) in [4.78, 5) is 12.5. The van der Waals surface area contributed by atoms with E-state index in [1.165, 1.54) is 6.07 Å². The van der Waals surface area contributed by atoms with Crippen LogP contribution in [0.1, 0.15) is 11.1 Å². The number of nitrogens with zero attached hydrogens (tertiary/aromatic N) is 3. The molecule has 1 heterocycles. The molecule has 0 bridgehead atoms. The summed E-state index contributed by atoms with van der Waals surface area (Å²) in [5.74, 6) is -0.0471. The molecular weight excluding hydrogens is 520 g/mol. The van der Waals surface area contributed by atoms with E-state index < -0.39 is 22.7 Å². The molecular formula is C24H17Cl2F3N4OS. The monoisotopic (exact) mass is 536 g/mol. The molecule has 11 heteroatoms. The fraction of sp³-hybridized carbons (Fsp3) is 0.125. The van der Waals surface area contributed by atoms with Crippen molar-refractivity contribution in [1.82, 2.24) is 14.8 Å². The Balaban J connectivity index is 1.58. The SMILES string of the molecule is Cc1cccc(-n2c(SCC(=O)Nc3ccc(Cl)c(C(F)(F)F)c3)nnc2-c2ccc(Cl)cc2)c1. The van der Waals surface area contributed by atoms with Crippen molar-refractivity contribution in [3.8, 4) is 17.1 Å². The lowest BCUT2D eigenvalue weighted by atomic mass is 10.2. The van der Waals surface area contributed by atoms with E-state index in [1.807, 2.05) is 47.9 Å². The van der Waals surface area contributed by atoms with E-state index in [0.717, 1.165) is 40.7 Å². The molecule has 0 atom stereocenters. The predicted molar refractivity (Wildman–Crippen MR) is 132 cm³/mol. The van der Waals surface area contributed by atoms with Crippen molar-refractivity contribution >= 4 is 46.6 Å². The minimum atomic E-state index is -4.63. The number of rotatable bonds is 6. The van der Waals surface area contributed by atoms with Gasteiger partial charge in [0.05, 0.1) is 16.3 Å². The highest BCUT2D eigenvalue weighted by Gasteiger charge is 2.33. The molecule has 1 amide bonds. The normalized spacial score (nSPS) is 11.5. The summed E-state index contributed by atoms with van der Waals surface area (Å²) in [6.07, 6.45) is -4.63. The van der Waals surface area contributed by atoms with Gasteiger partial charge in [0, 0.05) is 22.0 Å². The number of thioether (sulfide) groups is 1. The van der Waals surface area contributed by atoms with E-state index in [-0.39, 0.29) is 11.4 Å². The average molecular weight is 537 g/mol. The zero-order valence-corrected chi connectivity index (χ0v) is 20.4. The molecule has 3 aromatic carbocycles. The Morgan fingerprint density at radius 3 is 2.46 bits per heavy atom. The molecule has 4 rings (SSSR count). The van der Waals surface area contributed by atoms with Crippen LogP contribution in [0, 0.1) is 6.92 Å². The summed E-state index contributed by atoms with van der Waals surface area (Å²) in [5, 5.41) is 11.6. The first-order chi connectivity index (χ1) is 16.6. The molecule has 0 aliphatic rings. The Morgan fingerprint density at radius 1 is 1.03 bits per heavy atom. The standard InChI is InChI=1S/C24H17Cl2F3N4OS/c1-14-3-2-4-18(11-14)33-22(15-5-7-16(25)8-6-15)31-32-23(33)35-13-21(34)30-17-9-10-20(26)19(12-17)24(27,28)29/h2-12H,13H2,1H3,(H,30,34). The van der Waals surface area contributed by atoms with Crippen LogP contribution < -0.4 is 5.32 Å². The number of hydrogen-bond donors (Lipinski definition) is 1. The molecule has 0 aliphatic heterocycles. The summed E-state index contributed by atoms with van der Waals surface area (Å²) >= 11 is 12.8. The molecule has 4 aromatic rings. The lowest BCUT2D eigenvalue weighted by Crippen LogP contribution is -2.15. The van der Waals surface area contributed by atoms with Crippen LogP contribution in [0.25, 0.3) is 17.1 Å². The van der Waals surface area contributed by atoms with E-state index >= 15 is 0 Å². The van der Waals surface area contributed by atoms with Gasteiger partial charge in [-0.3, -0.25) is 9.36 Å². The maximum Gasteiger partial charge on any atom is 0.417 e. The Morgan fingerprint density at radius 2 is 1.77 bits per heavy atom. The van der Waals surface area contributed by atoms with Gasteiger partial charge in [-0.1, -0.05) is 47.1 Å². The smallest absolute Gasteiger partial charge is 0.325 e. The zero-order valence-electron chi connectivity index (χ0n) is 18.1. The van der Waals surface area contributed by atoms with E-state index in [0.29, 0.717) is 16.0 Å². The third-order valence-electron chi connectivity index (χ3n) is 4.88. The molecule has 0 unspecified atom stereocenters. The molecule has 0 fully saturated rings. The van der Waals surface area contributed by atoms with Crippen molar-refractivity contribution in [3.05, 3.63) is 87.9 Å². The second-order valence-electron chi connectivity index (χ2n) is 7.52. The Hall–Kier alpha value is -3.01. The largest absolute Gasteiger partial charge is 0.417 e. The fourth-order valence-corrected chi connectivity index (χ4v) is 4.40. The van der Waals surface area contributed by atoms with Gasteiger partial charge < -0.3 is 5.32 Å². The highest BCUT2D eigenvalue weighted by atomic mass is 35.5. The maximum absolute atomic E-state index is 13.1. The summed E-state index contributed by atoms with van der Waals surface area (Å²) < 4.78 is 41.1. The summed E-state index contributed by atoms with van der Waals surface area (Å²) in [7, 11) is 0. The lowest BCUT2D eigenvalue weighted by Gasteiger charge is -2.12. The van der Waals surface area contributed by atoms with Crippen molar-refractivity contribution in [1.29, 1.82) is 0 Å². The highest BCUT2D eigenvalue weighted by Crippen LogP contribution is 2.36. The number of carbonyl (C=O) groups excluding carboxylic acids is 1. The van der Waals surface area contributed by atoms with Crippen molar-refractivity contribution in [3.63, 3.8) is 0 Å². The van der Waals surface area contributed by atoms with Gasteiger partial charge in [-0.25, -0.2) is 0 Å². The molecule has 1 aromatic heterocycles. The van der Waals surface area contributed by atoms with Crippen molar-refractivity contribution < 1.29 is 18.0 Å². The quantitative estimate of drug-likeness (QED) is 0.262. The molecule has 180 valence electrons. The number of aromatic nitrogens is 3. The number of hydrogen-bond acceptors (Lipinski definition) is 4. The first kappa shape index (κ1) is 25.1. The predicted octanol–water partition coefficient (Wildman–Crippen LogP) is 7.30. The zero-order chi connectivity index (χ0) is 25.2. The number of nitrogens with one attached hydrogen (secondary N) is 1. The fourth-order valence-electron chi connectivity index (χ4n) is 3.30. The third-order valence-corrected chi connectivity index (χ3v) is 6.39. The van der Waals surface area contributed by atoms with Gasteiger partial charge in [0.2, 0.25) is 5.91 Å². The molecule has 0 aliphatic carbocycles. The van der Waals surface area contributed by atoms with Crippen LogP contribution in [0.3, 0.4) is 0 Å². The van der Waals surface area contributed by atoms with Crippen molar-refractivity contribution in [2.24, 2.45) is 0 Å². The van der Waals surface area contributed by atoms with Crippen LogP contribution in [0.4, 0.5) is 18.9 Å². The topological polar surface area (TPSA) is 59.8 Å². The first-order valence-electron chi connectivity index (χ1n) is 10.2. The summed E-state index contributed by atoms with van der Waals surface area (Å²) in [5.41, 5.74) is 1.58. The molecule has 0 spiro atoms. The van der Waals surface area contributed by atoms with Gasteiger partial charge in [0.1, 0.15) is 0 Å². The molecule has 0 radical (unpaired) electrons. The first-order valence-corrected chi connectivity index (χ1v) is 11.9. The van der Waals surface area contributed by atoms with Crippen LogP contribution in [0.2, 0.25) is 10.0 Å². The van der Waals surface area contributed by atoms with Gasteiger partial charge in [-0.05, 0) is 67.1 Å². The second-order valence-corrected chi connectivity index (χ2v) is 9.30. The Labute approximate surface area is 213 Å². The average Bonchev–Trinajstić information content (AvgIpc) is 3.23. The van der Waals surface area contributed by atoms with Crippen molar-refractivity contribution in [2.75, 3.05) is 11.1 Å². The molecule has 1 N–H and O–H groups in total. The van der Waals surface area contributed by atoms with Crippen LogP contribution in [0.15, 0.2) is 71.9 Å². The number of anilines is 1. The van der Waals surface area contributed by atoms with Crippen LogP contribution in [-0.4, -0.2) is 26.4 Å². The van der Waals surface area contributed by atoms with Crippen molar-refractivity contribution in [2.45, 2.75) is 18.3 Å². The van der Waals surface area contributed by atoms with Gasteiger partial charge in [-0.2, -0.15) is 13.2 Å². The summed E-state index contributed by atoms with van der Waals surface area (Å²) in [6.45, 7) is 1.96. The maximum atomic E-state index is 13.1. The van der Waals surface area contributed by atoms with Crippen LogP contribution in [-0.2, 0) is 11.0 Å². The highest BCUT2D eigenvalue weighted by molar-refractivity contribution is 7.99. The minimum absolute atomic E-state index is 0.00525. The molecule has 35 heavy (non-hydrogen) atoms. The lowest BCUT2D eigenvalue weighted by molar-refractivity contribution is -0.137. The van der Waals surface area contributed by atoms with E-state index in [2.05, 4.69) is 15.5 Å². The molecule has 0 saturated heterocycles. The van der Waals surface area contributed by atoms with Gasteiger partial charge in [-0.15, -0.1) is 10.2 Å². The van der Waals surface area contributed by atoms with E-state index in [4.69, 9.17) is 23.2 Å². The third kappa shape index (κ3) is 5.98. The minimum Gasteiger partial charge on any atom is -0.325 e. The molecule has 0 saturated carbocycles.